The van der Waals surface area contributed by atoms with E-state index in [2.05, 4.69) is 15.6 Å². The second-order valence-electron chi connectivity index (χ2n) is 7.50. The van der Waals surface area contributed by atoms with E-state index in [4.69, 9.17) is 9.15 Å². The molecule has 2 aromatic heterocycles. The van der Waals surface area contributed by atoms with E-state index in [0.29, 0.717) is 17.9 Å². The van der Waals surface area contributed by atoms with Gasteiger partial charge in [0.25, 0.3) is 11.8 Å². The molecule has 0 radical (unpaired) electrons. The lowest BCUT2D eigenvalue weighted by Gasteiger charge is -2.29. The van der Waals surface area contributed by atoms with Crippen LogP contribution in [-0.2, 0) is 11.2 Å². The Morgan fingerprint density at radius 3 is 2.79 bits per heavy atom. The van der Waals surface area contributed by atoms with Gasteiger partial charge in [0, 0.05) is 12.0 Å². The summed E-state index contributed by atoms with van der Waals surface area (Å²) in [5, 5.41) is 14.7. The van der Waals surface area contributed by atoms with E-state index in [9.17, 15) is 19.5 Å². The molecule has 3 rings (SSSR count). The Bertz CT molecular complexity index is 979. The van der Waals surface area contributed by atoms with Gasteiger partial charge in [0.2, 0.25) is 5.88 Å². The highest BCUT2D eigenvalue weighted by molar-refractivity contribution is 6.13. The average Bonchev–Trinajstić information content (AvgIpc) is 3.05. The zero-order chi connectivity index (χ0) is 21.3. The maximum atomic E-state index is 12.8. The van der Waals surface area contributed by atoms with Gasteiger partial charge in [-0.25, -0.2) is 4.98 Å². The van der Waals surface area contributed by atoms with Crippen LogP contribution in [0.15, 0.2) is 22.8 Å². The highest BCUT2D eigenvalue weighted by Crippen LogP contribution is 2.30. The van der Waals surface area contributed by atoms with E-state index in [1.807, 2.05) is 13.8 Å². The number of amides is 2. The first-order chi connectivity index (χ1) is 13.6. The fourth-order valence-electron chi connectivity index (χ4n) is 3.11. The summed E-state index contributed by atoms with van der Waals surface area (Å²) >= 11 is 0. The minimum atomic E-state index is -1.02. The van der Waals surface area contributed by atoms with Gasteiger partial charge in [-0.3, -0.25) is 14.4 Å². The first-order valence-corrected chi connectivity index (χ1v) is 9.23. The number of hydrogen-bond acceptors (Lipinski definition) is 6. The Labute approximate surface area is 167 Å². The Morgan fingerprint density at radius 2 is 2.14 bits per heavy atom. The normalized spacial score (nSPS) is 15.8. The van der Waals surface area contributed by atoms with Crippen molar-refractivity contribution in [3.8, 4) is 5.88 Å². The van der Waals surface area contributed by atoms with Crippen molar-refractivity contribution in [3.63, 3.8) is 0 Å². The molecule has 3 N–H and O–H groups in total. The van der Waals surface area contributed by atoms with Crippen LogP contribution in [0, 0.1) is 0 Å². The molecule has 0 saturated heterocycles. The number of furan rings is 1. The molecule has 2 amide bonds. The van der Waals surface area contributed by atoms with Crippen LogP contribution in [-0.4, -0.2) is 40.0 Å². The molecule has 0 bridgehead atoms. The van der Waals surface area contributed by atoms with Crippen LogP contribution in [0.2, 0.25) is 0 Å². The summed E-state index contributed by atoms with van der Waals surface area (Å²) in [4.78, 5) is 40.7. The van der Waals surface area contributed by atoms with Gasteiger partial charge >= 0.3 is 5.97 Å². The summed E-state index contributed by atoms with van der Waals surface area (Å²) in [6.07, 6.45) is 1.73. The van der Waals surface area contributed by atoms with Crippen LogP contribution in [0.25, 0.3) is 0 Å². The molecule has 9 nitrogen and oxygen atoms in total. The molecule has 29 heavy (non-hydrogen) atoms. The summed E-state index contributed by atoms with van der Waals surface area (Å²) in [7, 11) is 0. The maximum Gasteiger partial charge on any atom is 0.312 e. The van der Waals surface area contributed by atoms with E-state index in [-0.39, 0.29) is 35.2 Å². The Hall–Kier alpha value is -3.36. The molecule has 0 spiro atoms. The van der Waals surface area contributed by atoms with Gasteiger partial charge in [0.1, 0.15) is 17.7 Å². The summed E-state index contributed by atoms with van der Waals surface area (Å²) < 4.78 is 10.9. The van der Waals surface area contributed by atoms with Crippen molar-refractivity contribution in [3.05, 3.63) is 41.0 Å². The van der Waals surface area contributed by atoms with E-state index in [1.54, 1.807) is 6.92 Å². The van der Waals surface area contributed by atoms with Crippen molar-refractivity contribution in [2.75, 3.05) is 11.9 Å². The lowest BCUT2D eigenvalue weighted by Crippen LogP contribution is -2.49. The van der Waals surface area contributed by atoms with Crippen molar-refractivity contribution < 1.29 is 28.6 Å². The predicted octanol–water partition coefficient (Wildman–Crippen LogP) is 2.58. The fraction of sp³-hybridized carbons (Fsp3) is 0.400. The smallest absolute Gasteiger partial charge is 0.312 e. The van der Waals surface area contributed by atoms with Crippen molar-refractivity contribution in [2.45, 2.75) is 45.6 Å². The third kappa shape index (κ3) is 4.08. The molecule has 3 heterocycles. The number of carboxylic acid groups (broad SMARTS) is 1. The van der Waals surface area contributed by atoms with Gasteiger partial charge < -0.3 is 24.9 Å². The van der Waals surface area contributed by atoms with Crippen LogP contribution in [0.5, 0.6) is 5.88 Å². The Kier molecular flexibility index (Phi) is 5.32. The number of carbonyl (C=O) groups is 3. The molecular weight excluding hydrogens is 378 g/mol. The van der Waals surface area contributed by atoms with Crippen molar-refractivity contribution >= 4 is 23.5 Å². The van der Waals surface area contributed by atoms with Gasteiger partial charge in [0.05, 0.1) is 29.3 Å². The number of nitrogens with zero attached hydrogens (tertiary/aromatic N) is 1. The molecule has 154 valence electrons. The van der Waals surface area contributed by atoms with E-state index < -0.39 is 23.3 Å². The van der Waals surface area contributed by atoms with Crippen molar-refractivity contribution in [1.29, 1.82) is 0 Å². The first-order valence-electron chi connectivity index (χ1n) is 9.23. The summed E-state index contributed by atoms with van der Waals surface area (Å²) in [5.74, 6) is -2.20. The van der Waals surface area contributed by atoms with E-state index in [1.165, 1.54) is 25.3 Å². The van der Waals surface area contributed by atoms with E-state index in [0.717, 1.165) is 0 Å². The number of aromatic nitrogens is 1. The molecule has 0 aliphatic carbocycles. The van der Waals surface area contributed by atoms with E-state index >= 15 is 0 Å². The molecular formula is C20H23N3O6. The predicted molar refractivity (Wildman–Crippen MR) is 103 cm³/mol. The third-order valence-corrected chi connectivity index (χ3v) is 4.62. The minimum Gasteiger partial charge on any atom is -0.481 e. The topological polar surface area (TPSA) is 131 Å². The SMILES string of the molecule is CCOc1nc(C(C)C(=O)O)ccc1NC(=O)c1coc2c1C(=O)NC(C)(C)C2. The molecule has 0 saturated carbocycles. The number of aliphatic carboxylic acids is 1. The second-order valence-corrected chi connectivity index (χ2v) is 7.50. The van der Waals surface area contributed by atoms with Crippen LogP contribution >= 0.6 is 0 Å². The Morgan fingerprint density at radius 1 is 1.41 bits per heavy atom. The molecule has 1 unspecified atom stereocenters. The Balaban J connectivity index is 1.89. The molecule has 0 aromatic carbocycles. The van der Waals surface area contributed by atoms with Gasteiger partial charge in [-0.2, -0.15) is 0 Å². The van der Waals surface area contributed by atoms with Crippen LogP contribution < -0.4 is 15.4 Å². The fourth-order valence-corrected chi connectivity index (χ4v) is 3.11. The lowest BCUT2D eigenvalue weighted by molar-refractivity contribution is -0.138. The standard InChI is InChI=1S/C20H23N3O6/c1-5-28-18-13(7-6-12(22-18)10(2)19(26)27)21-16(24)11-9-29-14-8-20(3,4)23-17(25)15(11)14/h6-7,9-10H,5,8H2,1-4H3,(H,21,24)(H,23,25)(H,26,27). The molecule has 1 aliphatic rings. The molecule has 2 aromatic rings. The van der Waals surface area contributed by atoms with Gasteiger partial charge in [-0.1, -0.05) is 0 Å². The van der Waals surface area contributed by atoms with Crippen LogP contribution in [0.4, 0.5) is 5.69 Å². The second kappa shape index (κ2) is 7.57. The average molecular weight is 401 g/mol. The van der Waals surface area contributed by atoms with Gasteiger partial charge in [-0.15, -0.1) is 0 Å². The largest absolute Gasteiger partial charge is 0.481 e. The number of pyridine rings is 1. The summed E-state index contributed by atoms with van der Waals surface area (Å²) in [6.45, 7) is 7.28. The zero-order valence-electron chi connectivity index (χ0n) is 16.7. The van der Waals surface area contributed by atoms with Crippen molar-refractivity contribution in [1.82, 2.24) is 10.3 Å². The monoisotopic (exact) mass is 401 g/mol. The number of rotatable bonds is 6. The lowest BCUT2D eigenvalue weighted by atomic mass is 9.91. The molecule has 1 aliphatic heterocycles. The number of carbonyl (C=O) groups excluding carboxylic acids is 2. The highest BCUT2D eigenvalue weighted by atomic mass is 16.5. The van der Waals surface area contributed by atoms with Crippen LogP contribution in [0.3, 0.4) is 0 Å². The quantitative estimate of drug-likeness (QED) is 0.678. The number of ether oxygens (including phenoxy) is 1. The van der Waals surface area contributed by atoms with Crippen molar-refractivity contribution in [2.24, 2.45) is 0 Å². The summed E-state index contributed by atoms with van der Waals surface area (Å²) in [6, 6.07) is 3.04. The first kappa shape index (κ1) is 20.4. The number of hydrogen-bond donors (Lipinski definition) is 3. The molecule has 1 atom stereocenters. The van der Waals surface area contributed by atoms with Crippen LogP contribution in [0.1, 0.15) is 65.8 Å². The number of carboxylic acids is 1. The number of fused-ring (bicyclic) bond motifs is 1. The summed E-state index contributed by atoms with van der Waals surface area (Å²) in [5.41, 5.74) is 0.437. The zero-order valence-corrected chi connectivity index (χ0v) is 16.7. The number of nitrogens with one attached hydrogen (secondary N) is 2. The molecule has 0 fully saturated rings. The molecule has 9 heteroatoms. The van der Waals surface area contributed by atoms with Gasteiger partial charge in [0.15, 0.2) is 0 Å². The number of anilines is 1. The van der Waals surface area contributed by atoms with Gasteiger partial charge in [-0.05, 0) is 39.8 Å². The maximum absolute atomic E-state index is 12.8. The minimum absolute atomic E-state index is 0.106. The highest BCUT2D eigenvalue weighted by Gasteiger charge is 2.36. The third-order valence-electron chi connectivity index (χ3n) is 4.62.